The minimum atomic E-state index is 0. The summed E-state index contributed by atoms with van der Waals surface area (Å²) in [5.74, 6) is 1.34. The quantitative estimate of drug-likeness (QED) is 0.796. The Morgan fingerprint density at radius 1 is 1.44 bits per heavy atom. The van der Waals surface area contributed by atoms with Crippen molar-refractivity contribution in [2.45, 2.75) is 18.8 Å². The van der Waals surface area contributed by atoms with Crippen LogP contribution >= 0.6 is 12.4 Å². The van der Waals surface area contributed by atoms with Gasteiger partial charge in [0.15, 0.2) is 0 Å². The SMILES string of the molecule is COc1ccc(C2CCCN(C)C2)cn1.Cl. The molecular formula is C12H19ClN2O. The van der Waals surface area contributed by atoms with Crippen molar-refractivity contribution in [2.75, 3.05) is 27.2 Å². The van der Waals surface area contributed by atoms with Crippen molar-refractivity contribution in [1.82, 2.24) is 9.88 Å². The van der Waals surface area contributed by atoms with Gasteiger partial charge in [0.05, 0.1) is 7.11 Å². The van der Waals surface area contributed by atoms with Crippen LogP contribution < -0.4 is 4.74 Å². The first kappa shape index (κ1) is 13.3. The number of aromatic nitrogens is 1. The molecule has 0 saturated carbocycles. The maximum Gasteiger partial charge on any atom is 0.212 e. The van der Waals surface area contributed by atoms with Crippen LogP contribution in [0.25, 0.3) is 0 Å². The van der Waals surface area contributed by atoms with Crippen molar-refractivity contribution >= 4 is 12.4 Å². The molecular weight excluding hydrogens is 224 g/mol. The fourth-order valence-corrected chi connectivity index (χ4v) is 2.19. The molecule has 1 aliphatic rings. The topological polar surface area (TPSA) is 25.4 Å². The molecule has 0 aromatic carbocycles. The second kappa shape index (κ2) is 6.06. The van der Waals surface area contributed by atoms with Crippen molar-refractivity contribution < 1.29 is 4.74 Å². The minimum absolute atomic E-state index is 0. The van der Waals surface area contributed by atoms with Gasteiger partial charge in [0, 0.05) is 18.8 Å². The molecule has 1 atom stereocenters. The zero-order valence-electron chi connectivity index (χ0n) is 9.85. The van der Waals surface area contributed by atoms with Crippen LogP contribution in [0, 0.1) is 0 Å². The van der Waals surface area contributed by atoms with Gasteiger partial charge in [-0.05, 0) is 37.9 Å². The summed E-state index contributed by atoms with van der Waals surface area (Å²) in [6, 6.07) is 4.08. The van der Waals surface area contributed by atoms with E-state index in [1.807, 2.05) is 12.3 Å². The molecule has 0 N–H and O–H groups in total. The van der Waals surface area contributed by atoms with Gasteiger partial charge in [-0.2, -0.15) is 0 Å². The molecule has 1 aliphatic heterocycles. The molecule has 3 nitrogen and oxygen atoms in total. The van der Waals surface area contributed by atoms with Crippen LogP contribution in [-0.4, -0.2) is 37.1 Å². The Kier molecular flexibility index (Phi) is 5.03. The molecule has 90 valence electrons. The van der Waals surface area contributed by atoms with E-state index in [0.717, 1.165) is 6.54 Å². The highest BCUT2D eigenvalue weighted by Gasteiger charge is 2.18. The summed E-state index contributed by atoms with van der Waals surface area (Å²) in [7, 11) is 3.83. The van der Waals surface area contributed by atoms with Gasteiger partial charge in [0.2, 0.25) is 5.88 Å². The lowest BCUT2D eigenvalue weighted by molar-refractivity contribution is 0.250. The zero-order chi connectivity index (χ0) is 10.7. The fraction of sp³-hybridized carbons (Fsp3) is 0.583. The normalized spacial score (nSPS) is 21.2. The van der Waals surface area contributed by atoms with Gasteiger partial charge in [-0.25, -0.2) is 4.98 Å². The maximum atomic E-state index is 5.06. The summed E-state index contributed by atoms with van der Waals surface area (Å²) in [4.78, 5) is 6.64. The molecule has 0 bridgehead atoms. The summed E-state index contributed by atoms with van der Waals surface area (Å²) in [6.45, 7) is 2.37. The number of pyridine rings is 1. The standard InChI is InChI=1S/C12H18N2O.ClH/c1-14-7-3-4-11(9-14)10-5-6-12(15-2)13-8-10;/h5-6,8,11H,3-4,7,9H2,1-2H3;1H. The van der Waals surface area contributed by atoms with Gasteiger partial charge in [-0.1, -0.05) is 6.07 Å². The van der Waals surface area contributed by atoms with Crippen LogP contribution in [-0.2, 0) is 0 Å². The molecule has 1 aromatic rings. The van der Waals surface area contributed by atoms with E-state index < -0.39 is 0 Å². The van der Waals surface area contributed by atoms with Gasteiger partial charge < -0.3 is 9.64 Å². The first-order chi connectivity index (χ1) is 7.29. The first-order valence-corrected chi connectivity index (χ1v) is 5.48. The number of halogens is 1. The van der Waals surface area contributed by atoms with Crippen molar-refractivity contribution in [3.63, 3.8) is 0 Å². The second-order valence-electron chi connectivity index (χ2n) is 4.24. The van der Waals surface area contributed by atoms with Crippen molar-refractivity contribution in [1.29, 1.82) is 0 Å². The smallest absolute Gasteiger partial charge is 0.212 e. The van der Waals surface area contributed by atoms with E-state index in [1.54, 1.807) is 7.11 Å². The lowest BCUT2D eigenvalue weighted by atomic mass is 9.92. The second-order valence-corrected chi connectivity index (χ2v) is 4.24. The summed E-state index contributed by atoms with van der Waals surface area (Å²) >= 11 is 0. The van der Waals surface area contributed by atoms with Crippen LogP contribution in [0.3, 0.4) is 0 Å². The molecule has 1 aromatic heterocycles. The zero-order valence-corrected chi connectivity index (χ0v) is 10.7. The maximum absolute atomic E-state index is 5.06. The van der Waals surface area contributed by atoms with Crippen molar-refractivity contribution in [3.05, 3.63) is 23.9 Å². The molecule has 4 heteroatoms. The minimum Gasteiger partial charge on any atom is -0.481 e. The van der Waals surface area contributed by atoms with Gasteiger partial charge in [-0.3, -0.25) is 0 Å². The Balaban J connectivity index is 0.00000128. The number of likely N-dealkylation sites (N-methyl/N-ethyl adjacent to an activating group) is 1. The number of hydrogen-bond acceptors (Lipinski definition) is 3. The lowest BCUT2D eigenvalue weighted by Crippen LogP contribution is -2.30. The van der Waals surface area contributed by atoms with Crippen LogP contribution in [0.1, 0.15) is 24.3 Å². The fourth-order valence-electron chi connectivity index (χ4n) is 2.19. The summed E-state index contributed by atoms with van der Waals surface area (Å²) in [6.07, 6.45) is 4.51. The number of piperidine rings is 1. The molecule has 0 radical (unpaired) electrons. The number of rotatable bonds is 2. The third-order valence-electron chi connectivity index (χ3n) is 3.06. The predicted octanol–water partition coefficient (Wildman–Crippen LogP) is 2.32. The highest BCUT2D eigenvalue weighted by molar-refractivity contribution is 5.85. The molecule has 0 spiro atoms. The number of likely N-dealkylation sites (tertiary alicyclic amines) is 1. The van der Waals surface area contributed by atoms with E-state index in [2.05, 4.69) is 23.0 Å². The number of methoxy groups -OCH3 is 1. The van der Waals surface area contributed by atoms with Gasteiger partial charge in [0.25, 0.3) is 0 Å². The summed E-state index contributed by atoms with van der Waals surface area (Å²) < 4.78 is 5.06. The van der Waals surface area contributed by atoms with Crippen molar-refractivity contribution in [3.8, 4) is 5.88 Å². The van der Waals surface area contributed by atoms with Crippen LogP contribution in [0.4, 0.5) is 0 Å². The lowest BCUT2D eigenvalue weighted by Gasteiger charge is -2.29. The van der Waals surface area contributed by atoms with E-state index in [0.29, 0.717) is 11.8 Å². The first-order valence-electron chi connectivity index (χ1n) is 5.48. The van der Waals surface area contributed by atoms with Gasteiger partial charge in [-0.15, -0.1) is 12.4 Å². The molecule has 1 fully saturated rings. The van der Waals surface area contributed by atoms with E-state index in [1.165, 1.54) is 24.9 Å². The summed E-state index contributed by atoms with van der Waals surface area (Å²) in [5.41, 5.74) is 1.34. The molecule has 16 heavy (non-hydrogen) atoms. The highest BCUT2D eigenvalue weighted by atomic mass is 35.5. The third kappa shape index (κ3) is 3.09. The van der Waals surface area contributed by atoms with Crippen LogP contribution in [0.15, 0.2) is 18.3 Å². The van der Waals surface area contributed by atoms with E-state index >= 15 is 0 Å². The Labute approximate surface area is 103 Å². The van der Waals surface area contributed by atoms with E-state index in [-0.39, 0.29) is 12.4 Å². The molecule has 1 unspecified atom stereocenters. The number of ether oxygens (including phenoxy) is 1. The molecule has 2 rings (SSSR count). The Morgan fingerprint density at radius 3 is 2.81 bits per heavy atom. The average Bonchev–Trinajstić information content (AvgIpc) is 2.29. The van der Waals surface area contributed by atoms with E-state index in [9.17, 15) is 0 Å². The predicted molar refractivity (Wildman–Crippen MR) is 67.5 cm³/mol. The summed E-state index contributed by atoms with van der Waals surface area (Å²) in [5, 5.41) is 0. The van der Waals surface area contributed by atoms with Gasteiger partial charge >= 0.3 is 0 Å². The Bertz CT molecular complexity index is 315. The number of nitrogens with zero attached hydrogens (tertiary/aromatic N) is 2. The van der Waals surface area contributed by atoms with Crippen molar-refractivity contribution in [2.24, 2.45) is 0 Å². The highest BCUT2D eigenvalue weighted by Crippen LogP contribution is 2.26. The van der Waals surface area contributed by atoms with Crippen LogP contribution in [0.5, 0.6) is 5.88 Å². The molecule has 2 heterocycles. The molecule has 0 amide bonds. The van der Waals surface area contributed by atoms with Gasteiger partial charge in [0.1, 0.15) is 0 Å². The van der Waals surface area contributed by atoms with Crippen LogP contribution in [0.2, 0.25) is 0 Å². The largest absolute Gasteiger partial charge is 0.481 e. The Hall–Kier alpha value is -0.800. The monoisotopic (exact) mass is 242 g/mol. The third-order valence-corrected chi connectivity index (χ3v) is 3.06. The number of hydrogen-bond donors (Lipinski definition) is 0. The molecule has 1 saturated heterocycles. The average molecular weight is 243 g/mol. The molecule has 0 aliphatic carbocycles. The van der Waals surface area contributed by atoms with E-state index in [4.69, 9.17) is 4.74 Å². The Morgan fingerprint density at radius 2 is 2.25 bits per heavy atom.